The minimum Gasteiger partial charge on any atom is -0.392 e. The van der Waals surface area contributed by atoms with Crippen molar-refractivity contribution in [2.75, 3.05) is 13.1 Å². The average Bonchev–Trinajstić information content (AvgIpc) is 2.77. The molecule has 166 valence electrons. The Balaban J connectivity index is 1.83. The molecule has 0 spiro atoms. The first-order chi connectivity index (χ1) is 15.4. The highest BCUT2D eigenvalue weighted by atomic mass is 35.5. The van der Waals surface area contributed by atoms with Gasteiger partial charge in [0.15, 0.2) is 0 Å². The van der Waals surface area contributed by atoms with Gasteiger partial charge in [0.05, 0.1) is 15.7 Å². The van der Waals surface area contributed by atoms with Gasteiger partial charge in [-0.1, -0.05) is 40.5 Å². The predicted octanol–water partition coefficient (Wildman–Crippen LogP) is 5.11. The zero-order valence-corrected chi connectivity index (χ0v) is 19.0. The Bertz CT molecular complexity index is 1200. The minimum absolute atomic E-state index is 0.0660. The molecule has 2 heterocycles. The molecule has 0 atom stereocenters. The van der Waals surface area contributed by atoms with Gasteiger partial charge in [0, 0.05) is 23.4 Å². The average molecular weight is 474 g/mol. The Morgan fingerprint density at radius 1 is 1.12 bits per heavy atom. The third-order valence-corrected chi connectivity index (χ3v) is 5.93. The summed E-state index contributed by atoms with van der Waals surface area (Å²) >= 11 is 12.7. The van der Waals surface area contributed by atoms with Crippen LogP contribution in [0.3, 0.4) is 0 Å². The monoisotopic (exact) mass is 473 g/mol. The Kier molecular flexibility index (Phi) is 6.94. The summed E-state index contributed by atoms with van der Waals surface area (Å²) < 4.78 is 16.3. The lowest BCUT2D eigenvalue weighted by atomic mass is 10.0. The van der Waals surface area contributed by atoms with Crippen LogP contribution in [0, 0.1) is 12.7 Å². The number of nitrogens with zero attached hydrogens (tertiary/aromatic N) is 2. The molecule has 1 fully saturated rings. The molecule has 3 aromatic rings. The number of pyridine rings is 1. The molecule has 8 heteroatoms. The first kappa shape index (κ1) is 22.5. The zero-order valence-electron chi connectivity index (χ0n) is 17.4. The first-order valence-electron chi connectivity index (χ1n) is 10.3. The number of hydrogen-bond donors (Lipinski definition) is 1. The lowest BCUT2D eigenvalue weighted by molar-refractivity contribution is 0.0378. The fourth-order valence-electron chi connectivity index (χ4n) is 3.62. The van der Waals surface area contributed by atoms with Gasteiger partial charge in [-0.15, -0.1) is 0 Å². The number of nitrogens with one attached hydrogen (secondary N) is 1. The molecule has 4 rings (SSSR count). The molecule has 1 aromatic heterocycles. The molecular formula is C24H22Cl2FN3O2. The van der Waals surface area contributed by atoms with Crippen molar-refractivity contribution in [3.05, 3.63) is 97.6 Å². The highest BCUT2D eigenvalue weighted by Crippen LogP contribution is 2.28. The molecule has 0 aliphatic carbocycles. The maximum absolute atomic E-state index is 14.9. The summed E-state index contributed by atoms with van der Waals surface area (Å²) in [7, 11) is 0. The molecular weight excluding hydrogens is 452 g/mol. The predicted molar refractivity (Wildman–Crippen MR) is 126 cm³/mol. The number of para-hydroxylation sites is 1. The van der Waals surface area contributed by atoms with E-state index in [1.54, 1.807) is 42.6 Å². The molecule has 2 aromatic carbocycles. The molecule has 1 saturated heterocycles. The van der Waals surface area contributed by atoms with Crippen molar-refractivity contribution in [1.29, 1.82) is 0 Å². The Labute approximate surface area is 195 Å². The van der Waals surface area contributed by atoms with Crippen LogP contribution in [-0.4, -0.2) is 29.5 Å². The van der Waals surface area contributed by atoms with Crippen LogP contribution in [0.15, 0.2) is 64.7 Å². The van der Waals surface area contributed by atoms with Gasteiger partial charge in [0.2, 0.25) is 0 Å². The summed E-state index contributed by atoms with van der Waals surface area (Å²) in [6.07, 6.45) is 3.10. The van der Waals surface area contributed by atoms with E-state index in [4.69, 9.17) is 28.0 Å². The van der Waals surface area contributed by atoms with E-state index in [1.807, 2.05) is 6.92 Å². The topological polar surface area (TPSA) is 55.6 Å². The zero-order chi connectivity index (χ0) is 22.7. The van der Waals surface area contributed by atoms with Crippen LogP contribution in [0.25, 0.3) is 5.69 Å². The summed E-state index contributed by atoms with van der Waals surface area (Å²) in [5, 5.41) is 8.27. The SMILES string of the molecule is Cc1ccc(C(=NOC2CCNCC2)c2ccc(=O)n(-c3c(Cl)cccc3Cl)c2)c(F)c1. The van der Waals surface area contributed by atoms with Crippen molar-refractivity contribution >= 4 is 28.9 Å². The molecule has 0 amide bonds. The molecule has 1 aliphatic heterocycles. The van der Waals surface area contributed by atoms with Crippen molar-refractivity contribution in [3.63, 3.8) is 0 Å². The molecule has 0 radical (unpaired) electrons. The molecule has 5 nitrogen and oxygen atoms in total. The van der Waals surface area contributed by atoms with Gasteiger partial charge in [-0.3, -0.25) is 9.36 Å². The van der Waals surface area contributed by atoms with Gasteiger partial charge >= 0.3 is 0 Å². The fraction of sp³-hybridized carbons (Fsp3) is 0.250. The van der Waals surface area contributed by atoms with Crippen molar-refractivity contribution in [1.82, 2.24) is 9.88 Å². The van der Waals surface area contributed by atoms with E-state index >= 15 is 0 Å². The van der Waals surface area contributed by atoms with E-state index in [1.165, 1.54) is 16.7 Å². The standard InChI is InChI=1S/C24H22Cl2FN3O2/c1-15-5-7-18(21(27)13-15)23(29-32-17-9-11-28-12-10-17)16-6-8-22(31)30(14-16)24-19(25)3-2-4-20(24)26/h2-8,13-14,17,28H,9-12H2,1H3. The Morgan fingerprint density at radius 2 is 1.84 bits per heavy atom. The van der Waals surface area contributed by atoms with Gasteiger partial charge < -0.3 is 10.2 Å². The maximum atomic E-state index is 14.9. The van der Waals surface area contributed by atoms with Crippen LogP contribution in [0.1, 0.15) is 29.5 Å². The largest absolute Gasteiger partial charge is 0.392 e. The van der Waals surface area contributed by atoms with E-state index in [9.17, 15) is 9.18 Å². The molecule has 0 bridgehead atoms. The third-order valence-electron chi connectivity index (χ3n) is 5.32. The van der Waals surface area contributed by atoms with E-state index in [-0.39, 0.29) is 22.9 Å². The lowest BCUT2D eigenvalue weighted by Gasteiger charge is -2.21. The van der Waals surface area contributed by atoms with Gasteiger partial charge in [0.1, 0.15) is 17.6 Å². The first-order valence-corrected chi connectivity index (χ1v) is 11.1. The van der Waals surface area contributed by atoms with E-state index in [0.717, 1.165) is 31.5 Å². The van der Waals surface area contributed by atoms with Crippen LogP contribution in [-0.2, 0) is 4.84 Å². The number of benzene rings is 2. The second kappa shape index (κ2) is 9.86. The molecule has 0 unspecified atom stereocenters. The molecule has 0 saturated carbocycles. The number of aromatic nitrogens is 1. The van der Waals surface area contributed by atoms with Crippen LogP contribution < -0.4 is 10.9 Å². The highest BCUT2D eigenvalue weighted by Gasteiger charge is 2.19. The second-order valence-corrected chi connectivity index (χ2v) is 8.49. The summed E-state index contributed by atoms with van der Waals surface area (Å²) in [4.78, 5) is 18.4. The fourth-order valence-corrected chi connectivity index (χ4v) is 4.20. The van der Waals surface area contributed by atoms with Crippen molar-refractivity contribution in [3.8, 4) is 5.69 Å². The Hall–Kier alpha value is -2.67. The quantitative estimate of drug-likeness (QED) is 0.413. The van der Waals surface area contributed by atoms with Crippen LogP contribution in [0.4, 0.5) is 4.39 Å². The number of oxime groups is 1. The van der Waals surface area contributed by atoms with Crippen molar-refractivity contribution in [2.45, 2.75) is 25.9 Å². The lowest BCUT2D eigenvalue weighted by Crippen LogP contribution is -2.31. The van der Waals surface area contributed by atoms with Gasteiger partial charge in [0.25, 0.3) is 5.56 Å². The van der Waals surface area contributed by atoms with E-state index < -0.39 is 5.82 Å². The number of piperidine rings is 1. The van der Waals surface area contributed by atoms with Crippen LogP contribution in [0.5, 0.6) is 0 Å². The minimum atomic E-state index is -0.425. The smallest absolute Gasteiger partial charge is 0.255 e. The highest BCUT2D eigenvalue weighted by molar-refractivity contribution is 6.37. The van der Waals surface area contributed by atoms with Crippen molar-refractivity contribution in [2.24, 2.45) is 5.16 Å². The van der Waals surface area contributed by atoms with Crippen molar-refractivity contribution < 1.29 is 9.23 Å². The Morgan fingerprint density at radius 3 is 2.53 bits per heavy atom. The van der Waals surface area contributed by atoms with E-state index in [0.29, 0.717) is 21.3 Å². The number of rotatable bonds is 5. The number of aryl methyl sites for hydroxylation is 1. The van der Waals surface area contributed by atoms with Crippen LogP contribution >= 0.6 is 23.2 Å². The molecule has 1 aliphatic rings. The summed E-state index contributed by atoms with van der Waals surface area (Å²) in [6.45, 7) is 3.49. The van der Waals surface area contributed by atoms with Gasteiger partial charge in [-0.05, 0) is 68.8 Å². The maximum Gasteiger partial charge on any atom is 0.255 e. The van der Waals surface area contributed by atoms with Gasteiger partial charge in [-0.2, -0.15) is 0 Å². The van der Waals surface area contributed by atoms with Gasteiger partial charge in [-0.25, -0.2) is 4.39 Å². The normalized spacial score (nSPS) is 15.1. The molecule has 32 heavy (non-hydrogen) atoms. The number of hydrogen-bond acceptors (Lipinski definition) is 4. The molecule has 1 N–H and O–H groups in total. The summed E-state index contributed by atoms with van der Waals surface area (Å²) in [5.41, 5.74) is 1.88. The third kappa shape index (κ3) is 4.88. The van der Waals surface area contributed by atoms with E-state index in [2.05, 4.69) is 10.5 Å². The summed E-state index contributed by atoms with van der Waals surface area (Å²) in [6, 6.07) is 12.9. The van der Waals surface area contributed by atoms with Crippen LogP contribution in [0.2, 0.25) is 10.0 Å². The number of halogens is 3. The summed E-state index contributed by atoms with van der Waals surface area (Å²) in [5.74, 6) is -0.425. The second-order valence-electron chi connectivity index (χ2n) is 7.67.